The molecule has 0 aliphatic heterocycles. The van der Waals surface area contributed by atoms with Crippen LogP contribution in [0.4, 0.5) is 0 Å². The van der Waals surface area contributed by atoms with E-state index < -0.39 is 35.8 Å². The zero-order chi connectivity index (χ0) is 30.9. The Morgan fingerprint density at radius 2 is 1.79 bits per heavy atom. The van der Waals surface area contributed by atoms with Gasteiger partial charge in [-0.1, -0.05) is 6.92 Å². The molecule has 1 aromatic carbocycles. The van der Waals surface area contributed by atoms with Gasteiger partial charge in [-0.3, -0.25) is 19.2 Å². The number of Topliss-reactive ketones (excluding diaryl/α,β-unsaturated/α-hetero) is 1. The molecule has 234 valence electrons. The summed E-state index contributed by atoms with van der Waals surface area (Å²) in [5.41, 5.74) is 0.568. The van der Waals surface area contributed by atoms with Gasteiger partial charge in [-0.25, -0.2) is 0 Å². The molecule has 0 radical (unpaired) electrons. The third kappa shape index (κ3) is 6.63. The molecule has 4 bridgehead atoms. The van der Waals surface area contributed by atoms with Gasteiger partial charge in [-0.15, -0.1) is 0 Å². The quantitative estimate of drug-likeness (QED) is 0.171. The number of ether oxygens (including phenoxy) is 2. The largest absolute Gasteiger partial charge is 0.493 e. The lowest BCUT2D eigenvalue weighted by Gasteiger charge is -2.58. The van der Waals surface area contributed by atoms with Gasteiger partial charge in [0.05, 0.1) is 23.3 Å². The Labute approximate surface area is 265 Å². The summed E-state index contributed by atoms with van der Waals surface area (Å²) < 4.78 is 12.4. The predicted octanol–water partition coefficient (Wildman–Crippen LogP) is 3.05. The third-order valence-corrected chi connectivity index (χ3v) is 10.5. The Hall–Kier alpha value is -2.51. The minimum absolute atomic E-state index is 0.0334. The van der Waals surface area contributed by atoms with E-state index in [9.17, 15) is 29.4 Å². The molecule has 4 fully saturated rings. The van der Waals surface area contributed by atoms with Crippen LogP contribution in [0.5, 0.6) is 11.5 Å². The molecule has 5 aliphatic rings. The number of aldehydes is 1. The number of hydrogen-bond acceptors (Lipinski definition) is 8. The number of halogens is 1. The second kappa shape index (κ2) is 13.2. The van der Waals surface area contributed by atoms with E-state index in [1.807, 2.05) is 22.6 Å². The maximum atomic E-state index is 13.8. The maximum Gasteiger partial charge on any atom is 0.290 e. The molecular formula is C32H41IN2O8. The van der Waals surface area contributed by atoms with Crippen LogP contribution >= 0.6 is 22.6 Å². The van der Waals surface area contributed by atoms with Crippen LogP contribution < -0.4 is 14.8 Å². The van der Waals surface area contributed by atoms with Gasteiger partial charge in [0.1, 0.15) is 18.5 Å². The summed E-state index contributed by atoms with van der Waals surface area (Å²) in [5.74, 6) is 0.833. The normalized spacial score (nSPS) is 30.8. The van der Waals surface area contributed by atoms with Crippen molar-refractivity contribution in [2.75, 3.05) is 26.8 Å². The third-order valence-electron chi connectivity index (χ3n) is 9.75. The van der Waals surface area contributed by atoms with Crippen molar-refractivity contribution in [1.29, 1.82) is 0 Å². The first-order valence-electron chi connectivity index (χ1n) is 15.2. The fourth-order valence-corrected chi connectivity index (χ4v) is 9.09. The Bertz CT molecular complexity index is 1260. The minimum Gasteiger partial charge on any atom is -0.493 e. The number of nitrogens with zero attached hydrogens (tertiary/aromatic N) is 1. The van der Waals surface area contributed by atoms with Crippen LogP contribution in [0.2, 0.25) is 0 Å². The first kappa shape index (κ1) is 31.9. The summed E-state index contributed by atoms with van der Waals surface area (Å²) in [6, 6.07) is 2.26. The van der Waals surface area contributed by atoms with Gasteiger partial charge >= 0.3 is 0 Å². The highest BCUT2D eigenvalue weighted by atomic mass is 127. The van der Waals surface area contributed by atoms with Gasteiger partial charge in [0.15, 0.2) is 11.5 Å². The number of aliphatic hydroxyl groups excluding tert-OH is 2. The maximum absolute atomic E-state index is 13.8. The van der Waals surface area contributed by atoms with Crippen LogP contribution in [0.1, 0.15) is 68.6 Å². The molecule has 3 N–H and O–H groups in total. The lowest BCUT2D eigenvalue weighted by Crippen LogP contribution is -2.60. The van der Waals surface area contributed by atoms with Crippen LogP contribution in [0, 0.1) is 26.7 Å². The van der Waals surface area contributed by atoms with Crippen LogP contribution in [0.25, 0.3) is 0 Å². The van der Waals surface area contributed by atoms with Crippen molar-refractivity contribution in [3.63, 3.8) is 0 Å². The molecule has 0 unspecified atom stereocenters. The number of methoxy groups -OCH3 is 1. The van der Waals surface area contributed by atoms with E-state index in [1.54, 1.807) is 17.9 Å². The van der Waals surface area contributed by atoms with Gasteiger partial charge < -0.3 is 29.9 Å². The zero-order valence-electron chi connectivity index (χ0n) is 24.7. The van der Waals surface area contributed by atoms with Gasteiger partial charge in [-0.2, -0.15) is 0 Å². The first-order valence-corrected chi connectivity index (χ1v) is 16.3. The monoisotopic (exact) mass is 708 g/mol. The van der Waals surface area contributed by atoms with Crippen molar-refractivity contribution in [3.8, 4) is 11.5 Å². The van der Waals surface area contributed by atoms with E-state index in [1.165, 1.54) is 38.5 Å². The first-order chi connectivity index (χ1) is 20.6. The highest BCUT2D eigenvalue weighted by molar-refractivity contribution is 14.1. The number of rotatable bonds is 12. The van der Waals surface area contributed by atoms with Gasteiger partial charge in [0, 0.05) is 37.1 Å². The average molecular weight is 709 g/mol. The zero-order valence-corrected chi connectivity index (χ0v) is 26.9. The van der Waals surface area contributed by atoms with Crippen LogP contribution in [0.15, 0.2) is 23.8 Å². The number of carbonyl (C=O) groups excluding carboxylic acids is 4. The molecule has 11 heteroatoms. The molecule has 0 aromatic heterocycles. The Morgan fingerprint density at radius 3 is 2.35 bits per heavy atom. The molecule has 43 heavy (non-hydrogen) atoms. The molecule has 6 rings (SSSR count). The SMILES string of the molecule is CCC(=O)C(=O)N(CC12CC3CC(CC(C3)C1)C2)[C@@H]1CC(C(=O)NCCO)=C[C@H](Oc2c(I)cc(C=O)cc2OC)[C@H]1O. The Balaban J connectivity index is 1.51. The number of aliphatic hydroxyl groups is 2. The second-order valence-corrected chi connectivity index (χ2v) is 14.0. The number of amides is 2. The molecular weight excluding hydrogens is 667 g/mol. The van der Waals surface area contributed by atoms with Gasteiger partial charge in [-0.05, 0) is 102 Å². The van der Waals surface area contributed by atoms with Crippen molar-refractivity contribution in [2.45, 2.75) is 76.5 Å². The van der Waals surface area contributed by atoms with E-state index in [-0.39, 0.29) is 42.9 Å². The summed E-state index contributed by atoms with van der Waals surface area (Å²) in [4.78, 5) is 52.9. The average Bonchev–Trinajstić information content (AvgIpc) is 2.98. The number of benzene rings is 1. The minimum atomic E-state index is -1.26. The standard InChI is InChI=1S/C32H41IN2O8/c1-3-25(38)31(41)35(17-32-13-18-6-19(14-32)8-20(7-18)15-32)24-11-22(30(40)34-4-5-36)12-26(28(24)39)43-29-23(33)9-21(16-37)10-27(29)42-2/h9-10,12,16,18-20,24,26,28,36,39H,3-8,11,13-15,17H2,1-2H3,(H,34,40)/t18?,19?,20?,24-,26+,28+,32?/m1/s1. The molecule has 5 aliphatic carbocycles. The molecule has 0 heterocycles. The number of carbonyl (C=O) groups is 4. The number of ketones is 1. The molecule has 2 amide bonds. The lowest BCUT2D eigenvalue weighted by atomic mass is 9.49. The fraction of sp³-hybridized carbons (Fsp3) is 0.625. The predicted molar refractivity (Wildman–Crippen MR) is 166 cm³/mol. The van der Waals surface area contributed by atoms with E-state index >= 15 is 0 Å². The smallest absolute Gasteiger partial charge is 0.290 e. The topological polar surface area (TPSA) is 142 Å². The number of nitrogens with one attached hydrogen (secondary N) is 1. The van der Waals surface area contributed by atoms with Crippen LogP contribution in [0.3, 0.4) is 0 Å². The Morgan fingerprint density at radius 1 is 1.14 bits per heavy atom. The van der Waals surface area contributed by atoms with Gasteiger partial charge in [0.2, 0.25) is 11.7 Å². The van der Waals surface area contributed by atoms with E-state index in [0.717, 1.165) is 19.3 Å². The van der Waals surface area contributed by atoms with E-state index in [0.29, 0.717) is 45.3 Å². The summed E-state index contributed by atoms with van der Waals surface area (Å²) in [7, 11) is 1.44. The highest BCUT2D eigenvalue weighted by Crippen LogP contribution is 2.60. The fourth-order valence-electron chi connectivity index (χ4n) is 8.33. The summed E-state index contributed by atoms with van der Waals surface area (Å²) in [5, 5.41) is 23.8. The molecule has 0 saturated heterocycles. The van der Waals surface area contributed by atoms with E-state index in [2.05, 4.69) is 5.32 Å². The summed E-state index contributed by atoms with van der Waals surface area (Å²) in [6.45, 7) is 1.80. The summed E-state index contributed by atoms with van der Waals surface area (Å²) in [6.07, 6.45) is 6.67. The van der Waals surface area contributed by atoms with Gasteiger partial charge in [0.25, 0.3) is 5.91 Å². The molecule has 4 saturated carbocycles. The van der Waals surface area contributed by atoms with Crippen molar-refractivity contribution in [3.05, 3.63) is 32.9 Å². The Kier molecular flexibility index (Phi) is 9.82. The molecule has 1 aromatic rings. The van der Waals surface area contributed by atoms with Crippen LogP contribution in [-0.2, 0) is 14.4 Å². The van der Waals surface area contributed by atoms with Crippen molar-refractivity contribution >= 4 is 46.5 Å². The molecule has 3 atom stereocenters. The number of hydrogen-bond donors (Lipinski definition) is 3. The van der Waals surface area contributed by atoms with E-state index in [4.69, 9.17) is 9.47 Å². The molecule has 0 spiro atoms. The van der Waals surface area contributed by atoms with Crippen LogP contribution in [-0.4, -0.2) is 84.1 Å². The second-order valence-electron chi connectivity index (χ2n) is 12.8. The summed E-state index contributed by atoms with van der Waals surface area (Å²) >= 11 is 2.02. The van der Waals surface area contributed by atoms with Crippen molar-refractivity contribution in [1.82, 2.24) is 10.2 Å². The lowest BCUT2D eigenvalue weighted by molar-refractivity contribution is -0.154. The van der Waals surface area contributed by atoms with Crippen molar-refractivity contribution < 1.29 is 38.9 Å². The highest BCUT2D eigenvalue weighted by Gasteiger charge is 2.53. The van der Waals surface area contributed by atoms with Crippen molar-refractivity contribution in [2.24, 2.45) is 23.2 Å². The molecule has 10 nitrogen and oxygen atoms in total.